The smallest absolute Gasteiger partial charge is 0.433 e. The number of rotatable bonds is 4. The van der Waals surface area contributed by atoms with Crippen LogP contribution in [0.3, 0.4) is 0 Å². The van der Waals surface area contributed by atoms with Crippen molar-refractivity contribution < 1.29 is 9.53 Å². The second-order valence-corrected chi connectivity index (χ2v) is 1.65. The van der Waals surface area contributed by atoms with Gasteiger partial charge in [-0.05, 0) is 6.92 Å². The average Bonchev–Trinajstić information content (AvgIpc) is 2.00. The summed E-state index contributed by atoms with van der Waals surface area (Å²) in [6, 6.07) is 0. The number of nitroso groups, excluding NO2 is 1. The van der Waals surface area contributed by atoms with Gasteiger partial charge in [-0.25, -0.2) is 4.79 Å². The Morgan fingerprint density at radius 3 is 2.82 bits per heavy atom. The number of carbonyl (C=O) groups excluding carboxylic acids is 1. The molecule has 11 heavy (non-hydrogen) atoms. The van der Waals surface area contributed by atoms with E-state index >= 15 is 0 Å². The Bertz CT molecular complexity index is 158. The first-order chi connectivity index (χ1) is 5.26. The fourth-order valence-corrected chi connectivity index (χ4v) is 0.461. The van der Waals surface area contributed by atoms with E-state index in [0.29, 0.717) is 5.01 Å². The van der Waals surface area contributed by atoms with E-state index in [1.165, 1.54) is 6.08 Å². The monoisotopic (exact) mass is 158 g/mol. The normalized spacial score (nSPS) is 8.45. The summed E-state index contributed by atoms with van der Waals surface area (Å²) in [7, 11) is 0. The number of hydrogen-bond donors (Lipinski definition) is 0. The molecule has 0 heterocycles. The van der Waals surface area contributed by atoms with Gasteiger partial charge in [-0.3, -0.25) is 0 Å². The molecule has 0 atom stereocenters. The molecule has 0 saturated heterocycles. The molecular weight excluding hydrogens is 148 g/mol. The maximum Gasteiger partial charge on any atom is 0.433 e. The Morgan fingerprint density at radius 1 is 1.82 bits per heavy atom. The summed E-state index contributed by atoms with van der Waals surface area (Å²) in [5.41, 5.74) is 0. The van der Waals surface area contributed by atoms with Crippen molar-refractivity contribution in [2.45, 2.75) is 6.92 Å². The van der Waals surface area contributed by atoms with Crippen molar-refractivity contribution in [2.75, 3.05) is 13.2 Å². The summed E-state index contributed by atoms with van der Waals surface area (Å²) < 4.78 is 4.49. The summed E-state index contributed by atoms with van der Waals surface area (Å²) in [6.45, 7) is 5.29. The number of hydrogen-bond acceptors (Lipinski definition) is 4. The van der Waals surface area contributed by atoms with Crippen LogP contribution in [0.2, 0.25) is 0 Å². The molecule has 0 aromatic carbocycles. The van der Waals surface area contributed by atoms with Gasteiger partial charge in [0.2, 0.25) is 0 Å². The van der Waals surface area contributed by atoms with Crippen molar-refractivity contribution in [2.24, 2.45) is 5.29 Å². The highest BCUT2D eigenvalue weighted by Gasteiger charge is 2.11. The third-order valence-electron chi connectivity index (χ3n) is 0.879. The first-order valence-electron chi connectivity index (χ1n) is 3.14. The summed E-state index contributed by atoms with van der Waals surface area (Å²) in [5.74, 6) is 0. The Kier molecular flexibility index (Phi) is 4.72. The fourth-order valence-electron chi connectivity index (χ4n) is 0.461. The SMILES string of the molecule is C=CCN(N=O)C(=O)OCC. The van der Waals surface area contributed by atoms with Gasteiger partial charge < -0.3 is 4.74 Å². The molecule has 0 aliphatic rings. The molecule has 0 bridgehead atoms. The molecule has 0 aromatic rings. The highest BCUT2D eigenvalue weighted by Crippen LogP contribution is 1.93. The standard InChI is InChI=1S/C6H10N2O3/c1-3-5-8(7-10)6(9)11-4-2/h3H,1,4-5H2,2H3. The van der Waals surface area contributed by atoms with E-state index < -0.39 is 6.09 Å². The van der Waals surface area contributed by atoms with Gasteiger partial charge in [-0.2, -0.15) is 5.01 Å². The number of ether oxygens (including phenoxy) is 1. The minimum Gasteiger partial charge on any atom is -0.448 e. The average molecular weight is 158 g/mol. The first-order valence-corrected chi connectivity index (χ1v) is 3.14. The molecule has 0 saturated carbocycles. The fraction of sp³-hybridized carbons (Fsp3) is 0.500. The van der Waals surface area contributed by atoms with Crippen LogP contribution in [0.1, 0.15) is 6.92 Å². The maximum absolute atomic E-state index is 10.7. The summed E-state index contributed by atoms with van der Waals surface area (Å²) in [5, 5.41) is 3.08. The first kappa shape index (κ1) is 9.61. The number of carbonyl (C=O) groups is 1. The van der Waals surface area contributed by atoms with Gasteiger partial charge in [0.15, 0.2) is 0 Å². The van der Waals surface area contributed by atoms with Crippen LogP contribution in [0.15, 0.2) is 17.9 Å². The van der Waals surface area contributed by atoms with Crippen LogP contribution in [0.4, 0.5) is 4.79 Å². The largest absolute Gasteiger partial charge is 0.448 e. The van der Waals surface area contributed by atoms with Crippen LogP contribution in [-0.4, -0.2) is 24.3 Å². The van der Waals surface area contributed by atoms with Gasteiger partial charge in [-0.15, -0.1) is 11.5 Å². The van der Waals surface area contributed by atoms with Crippen molar-refractivity contribution in [3.05, 3.63) is 17.6 Å². The maximum atomic E-state index is 10.7. The van der Waals surface area contributed by atoms with E-state index in [4.69, 9.17) is 0 Å². The van der Waals surface area contributed by atoms with Crippen LogP contribution >= 0.6 is 0 Å². The minimum atomic E-state index is -0.748. The highest BCUT2D eigenvalue weighted by atomic mass is 16.6. The van der Waals surface area contributed by atoms with Gasteiger partial charge in [0.05, 0.1) is 18.4 Å². The lowest BCUT2D eigenvalue weighted by molar-refractivity contribution is 0.112. The third kappa shape index (κ3) is 3.34. The molecule has 0 radical (unpaired) electrons. The molecule has 1 amide bonds. The lowest BCUT2D eigenvalue weighted by Gasteiger charge is -2.09. The Hall–Kier alpha value is -1.39. The van der Waals surface area contributed by atoms with Gasteiger partial charge in [0, 0.05) is 0 Å². The zero-order valence-electron chi connectivity index (χ0n) is 6.32. The quantitative estimate of drug-likeness (QED) is 0.352. The summed E-state index contributed by atoms with van der Waals surface area (Å²) >= 11 is 0. The molecule has 5 nitrogen and oxygen atoms in total. The van der Waals surface area contributed by atoms with Crippen LogP contribution in [0.5, 0.6) is 0 Å². The molecule has 0 rings (SSSR count). The molecule has 0 fully saturated rings. The van der Waals surface area contributed by atoms with E-state index in [-0.39, 0.29) is 13.2 Å². The molecule has 0 N–H and O–H groups in total. The zero-order valence-corrected chi connectivity index (χ0v) is 6.32. The predicted molar refractivity (Wildman–Crippen MR) is 39.7 cm³/mol. The number of nitrogens with zero attached hydrogens (tertiary/aromatic N) is 2. The van der Waals surface area contributed by atoms with E-state index in [2.05, 4.69) is 16.6 Å². The van der Waals surface area contributed by atoms with Crippen LogP contribution in [0.25, 0.3) is 0 Å². The van der Waals surface area contributed by atoms with E-state index in [9.17, 15) is 9.70 Å². The van der Waals surface area contributed by atoms with Crippen LogP contribution < -0.4 is 0 Å². The Balaban J connectivity index is 3.90. The molecular formula is C6H10N2O3. The third-order valence-corrected chi connectivity index (χ3v) is 0.879. The summed E-state index contributed by atoms with van der Waals surface area (Å²) in [6.07, 6.45) is 0.639. The van der Waals surface area contributed by atoms with Gasteiger partial charge in [0.25, 0.3) is 0 Å². The van der Waals surface area contributed by atoms with Gasteiger partial charge in [-0.1, -0.05) is 6.08 Å². The molecule has 5 heteroatoms. The molecule has 0 aliphatic carbocycles. The topological polar surface area (TPSA) is 59.0 Å². The molecule has 0 unspecified atom stereocenters. The summed E-state index contributed by atoms with van der Waals surface area (Å²) in [4.78, 5) is 20.7. The molecule has 0 aliphatic heterocycles. The Labute approximate surface area is 64.6 Å². The Morgan fingerprint density at radius 2 is 2.45 bits per heavy atom. The van der Waals surface area contributed by atoms with E-state index in [1.54, 1.807) is 6.92 Å². The van der Waals surface area contributed by atoms with Crippen molar-refractivity contribution in [3.8, 4) is 0 Å². The van der Waals surface area contributed by atoms with Crippen LogP contribution in [-0.2, 0) is 4.74 Å². The lowest BCUT2D eigenvalue weighted by Crippen LogP contribution is -2.25. The van der Waals surface area contributed by atoms with Crippen molar-refractivity contribution in [1.82, 2.24) is 5.01 Å². The van der Waals surface area contributed by atoms with Crippen LogP contribution in [0, 0.1) is 4.91 Å². The molecule has 0 aromatic heterocycles. The molecule has 62 valence electrons. The predicted octanol–water partition coefficient (Wildman–Crippen LogP) is 1.31. The second-order valence-electron chi connectivity index (χ2n) is 1.65. The van der Waals surface area contributed by atoms with Gasteiger partial charge in [0.1, 0.15) is 0 Å². The van der Waals surface area contributed by atoms with E-state index in [0.717, 1.165) is 0 Å². The minimum absolute atomic E-state index is 0.0718. The van der Waals surface area contributed by atoms with Crippen molar-refractivity contribution in [3.63, 3.8) is 0 Å². The van der Waals surface area contributed by atoms with Gasteiger partial charge >= 0.3 is 6.09 Å². The molecule has 0 spiro atoms. The number of amides is 1. The van der Waals surface area contributed by atoms with Crippen molar-refractivity contribution >= 4 is 6.09 Å². The second kappa shape index (κ2) is 5.40. The lowest BCUT2D eigenvalue weighted by atomic mass is 10.6. The zero-order chi connectivity index (χ0) is 8.69. The van der Waals surface area contributed by atoms with Crippen molar-refractivity contribution in [1.29, 1.82) is 0 Å². The van der Waals surface area contributed by atoms with E-state index in [1.807, 2.05) is 0 Å². The highest BCUT2D eigenvalue weighted by molar-refractivity contribution is 5.67.